The highest BCUT2D eigenvalue weighted by Gasteiger charge is 2.25. The Balaban J connectivity index is 1.67. The predicted molar refractivity (Wildman–Crippen MR) is 66.5 cm³/mol. The third kappa shape index (κ3) is 3.44. The Hall–Kier alpha value is -0.120. The van der Waals surface area contributed by atoms with Crippen LogP contribution in [0.1, 0.15) is 44.9 Å². The first kappa shape index (κ1) is 12.3. The minimum atomic E-state index is 0.542. The van der Waals surface area contributed by atoms with E-state index in [2.05, 4.69) is 4.90 Å². The number of nitrogens with two attached hydrogens (primary N) is 1. The molecule has 1 unspecified atom stereocenters. The standard InChI is InChI=1S/C13H26N2O/c14-8-3-9-15(12-4-1-5-12)10-7-13-6-2-11-16-13/h12-13H,1-11,14H2. The van der Waals surface area contributed by atoms with Crippen molar-refractivity contribution in [3.63, 3.8) is 0 Å². The first-order valence-electron chi connectivity index (χ1n) is 6.96. The van der Waals surface area contributed by atoms with Gasteiger partial charge in [-0.05, 0) is 51.6 Å². The molecule has 2 N–H and O–H groups in total. The van der Waals surface area contributed by atoms with Gasteiger partial charge < -0.3 is 15.4 Å². The monoisotopic (exact) mass is 226 g/mol. The van der Waals surface area contributed by atoms with E-state index in [1.807, 2.05) is 0 Å². The van der Waals surface area contributed by atoms with E-state index < -0.39 is 0 Å². The van der Waals surface area contributed by atoms with Gasteiger partial charge in [0.15, 0.2) is 0 Å². The molecule has 2 aliphatic rings. The van der Waals surface area contributed by atoms with Gasteiger partial charge in [-0.1, -0.05) is 6.42 Å². The van der Waals surface area contributed by atoms with Crippen molar-refractivity contribution >= 4 is 0 Å². The molecule has 16 heavy (non-hydrogen) atoms. The third-order valence-electron chi connectivity index (χ3n) is 4.00. The molecule has 1 aliphatic carbocycles. The molecule has 0 aromatic heterocycles. The maximum Gasteiger partial charge on any atom is 0.0588 e. The molecule has 0 aromatic carbocycles. The van der Waals surface area contributed by atoms with Gasteiger partial charge in [-0.3, -0.25) is 0 Å². The fraction of sp³-hybridized carbons (Fsp3) is 1.00. The lowest BCUT2D eigenvalue weighted by Gasteiger charge is -2.38. The van der Waals surface area contributed by atoms with Crippen LogP contribution in [0.15, 0.2) is 0 Å². The van der Waals surface area contributed by atoms with Crippen LogP contribution in [-0.2, 0) is 4.74 Å². The predicted octanol–water partition coefficient (Wildman–Crippen LogP) is 1.76. The first-order valence-corrected chi connectivity index (χ1v) is 6.96. The zero-order chi connectivity index (χ0) is 11.2. The molecule has 3 heteroatoms. The Kier molecular flexibility index (Phi) is 5.07. The summed E-state index contributed by atoms with van der Waals surface area (Å²) in [5, 5.41) is 0. The molecular formula is C13H26N2O. The van der Waals surface area contributed by atoms with Gasteiger partial charge in [0, 0.05) is 19.2 Å². The fourth-order valence-electron chi connectivity index (χ4n) is 2.70. The van der Waals surface area contributed by atoms with E-state index in [9.17, 15) is 0 Å². The molecule has 2 fully saturated rings. The molecule has 0 radical (unpaired) electrons. The summed E-state index contributed by atoms with van der Waals surface area (Å²) in [7, 11) is 0. The number of ether oxygens (including phenoxy) is 1. The van der Waals surface area contributed by atoms with Crippen LogP contribution in [0.4, 0.5) is 0 Å². The maximum absolute atomic E-state index is 5.69. The zero-order valence-electron chi connectivity index (χ0n) is 10.4. The summed E-state index contributed by atoms with van der Waals surface area (Å²) in [5.74, 6) is 0. The molecule has 1 aliphatic heterocycles. The number of hydrogen-bond donors (Lipinski definition) is 1. The molecule has 0 aromatic rings. The largest absolute Gasteiger partial charge is 0.378 e. The Bertz CT molecular complexity index is 188. The highest BCUT2D eigenvalue weighted by atomic mass is 16.5. The summed E-state index contributed by atoms with van der Waals surface area (Å²) < 4.78 is 5.69. The lowest BCUT2D eigenvalue weighted by atomic mass is 9.91. The highest BCUT2D eigenvalue weighted by Crippen LogP contribution is 2.26. The summed E-state index contributed by atoms with van der Waals surface area (Å²) in [5.41, 5.74) is 5.60. The summed E-state index contributed by atoms with van der Waals surface area (Å²) in [4.78, 5) is 2.65. The van der Waals surface area contributed by atoms with E-state index in [1.54, 1.807) is 0 Å². The fourth-order valence-corrected chi connectivity index (χ4v) is 2.70. The van der Waals surface area contributed by atoms with Gasteiger partial charge in [-0.25, -0.2) is 0 Å². The first-order chi connectivity index (χ1) is 7.90. The van der Waals surface area contributed by atoms with Crippen LogP contribution in [0.2, 0.25) is 0 Å². The van der Waals surface area contributed by atoms with Crippen LogP contribution in [0.5, 0.6) is 0 Å². The van der Waals surface area contributed by atoms with Gasteiger partial charge in [-0.2, -0.15) is 0 Å². The summed E-state index contributed by atoms with van der Waals surface area (Å²) in [6, 6.07) is 0.855. The van der Waals surface area contributed by atoms with E-state index in [1.165, 1.54) is 51.6 Å². The van der Waals surface area contributed by atoms with Crippen molar-refractivity contribution in [2.75, 3.05) is 26.2 Å². The van der Waals surface area contributed by atoms with Crippen LogP contribution >= 0.6 is 0 Å². The van der Waals surface area contributed by atoms with Crippen molar-refractivity contribution in [3.05, 3.63) is 0 Å². The molecule has 0 bridgehead atoms. The average molecular weight is 226 g/mol. The molecule has 2 rings (SSSR count). The number of hydrogen-bond acceptors (Lipinski definition) is 3. The van der Waals surface area contributed by atoms with E-state index in [4.69, 9.17) is 10.5 Å². The quantitative estimate of drug-likeness (QED) is 0.719. The molecular weight excluding hydrogens is 200 g/mol. The van der Waals surface area contributed by atoms with Crippen molar-refractivity contribution in [1.82, 2.24) is 4.90 Å². The van der Waals surface area contributed by atoms with Crippen LogP contribution in [0.3, 0.4) is 0 Å². The Morgan fingerprint density at radius 2 is 2.00 bits per heavy atom. The maximum atomic E-state index is 5.69. The van der Waals surface area contributed by atoms with Gasteiger partial charge in [-0.15, -0.1) is 0 Å². The summed E-state index contributed by atoms with van der Waals surface area (Å²) in [6.07, 6.45) is 9.66. The van der Waals surface area contributed by atoms with Crippen molar-refractivity contribution in [2.45, 2.75) is 57.1 Å². The van der Waals surface area contributed by atoms with Crippen molar-refractivity contribution < 1.29 is 4.74 Å². The number of nitrogens with zero attached hydrogens (tertiary/aromatic N) is 1. The minimum absolute atomic E-state index is 0.542. The van der Waals surface area contributed by atoms with Crippen LogP contribution in [0.25, 0.3) is 0 Å². The average Bonchev–Trinajstić information content (AvgIpc) is 2.72. The van der Waals surface area contributed by atoms with Crippen LogP contribution in [-0.4, -0.2) is 43.3 Å². The van der Waals surface area contributed by atoms with Crippen molar-refractivity contribution in [1.29, 1.82) is 0 Å². The minimum Gasteiger partial charge on any atom is -0.378 e. The van der Waals surface area contributed by atoms with E-state index in [0.29, 0.717) is 6.10 Å². The van der Waals surface area contributed by atoms with Crippen LogP contribution < -0.4 is 5.73 Å². The number of rotatable bonds is 7. The van der Waals surface area contributed by atoms with Gasteiger partial charge >= 0.3 is 0 Å². The molecule has 1 saturated heterocycles. The lowest BCUT2D eigenvalue weighted by molar-refractivity contribution is 0.0698. The smallest absolute Gasteiger partial charge is 0.0588 e. The Labute approximate surface area is 99.3 Å². The van der Waals surface area contributed by atoms with Crippen LogP contribution in [0, 0.1) is 0 Å². The zero-order valence-corrected chi connectivity index (χ0v) is 10.4. The van der Waals surface area contributed by atoms with Crippen molar-refractivity contribution in [3.8, 4) is 0 Å². The lowest BCUT2D eigenvalue weighted by Crippen LogP contribution is -2.42. The Morgan fingerprint density at radius 3 is 2.56 bits per heavy atom. The second-order valence-corrected chi connectivity index (χ2v) is 5.19. The molecule has 1 atom stereocenters. The van der Waals surface area contributed by atoms with Gasteiger partial charge in [0.25, 0.3) is 0 Å². The summed E-state index contributed by atoms with van der Waals surface area (Å²) in [6.45, 7) is 4.21. The van der Waals surface area contributed by atoms with Gasteiger partial charge in [0.2, 0.25) is 0 Å². The molecule has 94 valence electrons. The highest BCUT2D eigenvalue weighted by molar-refractivity contribution is 4.81. The normalized spacial score (nSPS) is 26.2. The SMILES string of the molecule is NCCCN(CCC1CCCO1)C1CCC1. The van der Waals surface area contributed by atoms with E-state index in [-0.39, 0.29) is 0 Å². The molecule has 1 heterocycles. The second kappa shape index (κ2) is 6.58. The third-order valence-corrected chi connectivity index (χ3v) is 4.00. The van der Waals surface area contributed by atoms with Crippen molar-refractivity contribution in [2.24, 2.45) is 5.73 Å². The second-order valence-electron chi connectivity index (χ2n) is 5.19. The topological polar surface area (TPSA) is 38.5 Å². The Morgan fingerprint density at radius 1 is 1.12 bits per heavy atom. The molecule has 1 saturated carbocycles. The molecule has 0 amide bonds. The van der Waals surface area contributed by atoms with E-state index in [0.717, 1.165) is 25.6 Å². The van der Waals surface area contributed by atoms with Gasteiger partial charge in [0.05, 0.1) is 6.10 Å². The van der Waals surface area contributed by atoms with Gasteiger partial charge in [0.1, 0.15) is 0 Å². The van der Waals surface area contributed by atoms with E-state index >= 15 is 0 Å². The summed E-state index contributed by atoms with van der Waals surface area (Å²) >= 11 is 0. The molecule has 0 spiro atoms. The molecule has 3 nitrogen and oxygen atoms in total.